The van der Waals surface area contributed by atoms with E-state index in [4.69, 9.17) is 33.9 Å². The summed E-state index contributed by atoms with van der Waals surface area (Å²) in [4.78, 5) is 88.8. The molecule has 2 N–H and O–H groups in total. The Morgan fingerprint density at radius 1 is 0.730 bits per heavy atom. The Hall–Kier alpha value is -9.51. The van der Waals surface area contributed by atoms with E-state index in [1.54, 1.807) is 39.5 Å². The highest BCUT2D eigenvalue weighted by Gasteiger charge is 2.41. The molecule has 8 atom stereocenters. The quantitative estimate of drug-likeness (QED) is 0.0721. The lowest BCUT2D eigenvalue weighted by Crippen LogP contribution is -2.54. The number of hydrogen-bond donors (Lipinski definition) is 2. The van der Waals surface area contributed by atoms with Crippen LogP contribution in [0.4, 0.5) is 38.0 Å². The van der Waals surface area contributed by atoms with Crippen molar-refractivity contribution < 1.29 is 65.1 Å². The van der Waals surface area contributed by atoms with E-state index >= 15 is 27.2 Å². The largest absolute Gasteiger partial charge is 0.490 e. The van der Waals surface area contributed by atoms with E-state index < -0.39 is 132 Å². The second-order valence-corrected chi connectivity index (χ2v) is 26.9. The number of amides is 2. The zero-order chi connectivity index (χ0) is 70.9. The molecule has 13 rings (SSSR count). The Morgan fingerprint density at radius 2 is 1.33 bits per heavy atom. The second kappa shape index (κ2) is 27.9. The fourth-order valence-corrected chi connectivity index (χ4v) is 14.3. The van der Waals surface area contributed by atoms with Gasteiger partial charge in [-0.3, -0.25) is 14.6 Å². The van der Waals surface area contributed by atoms with Crippen molar-refractivity contribution in [1.29, 1.82) is 0 Å². The number of pyridine rings is 3. The van der Waals surface area contributed by atoms with Gasteiger partial charge in [-0.2, -0.15) is 9.97 Å². The predicted octanol–water partition coefficient (Wildman–Crippen LogP) is 8.67. The highest BCUT2D eigenvalue weighted by atomic mass is 19.3. The standard InChI is InChI=1S/C72H76F6N12O10/c1-9-56(92)85-20-22-87(38(6)30-85)67-45-27-50(76)62-59-48(74)25-42(26-53(59)99-34-54(97-32-41-14-15-41)65(94)43-17-19-84(29-36(3)4)40(8)63(43)89(69(45)81-62)71(95)82-67)24-37(5)60-64-44(16-18-79-60)66(100-35-55(77)78)51(91)33-98-52-13-11-12-47(73)58(52)61-49(75)28-46-68(83-72(96)90(64)70(46)80-61)88-23-21-86(31-39(88)7)57(93)10-2/h9-13,16-19,25-28,36-41,51,54-55,65-66,91,94H,1-2,14-15,20-24,29-35H2,3-8H3/t37?,38-,39-,40+,51?,54?,65?,66?/m0/s1. The molecule has 7 aromatic rings. The molecule has 6 aliphatic rings. The predicted molar refractivity (Wildman–Crippen MR) is 360 cm³/mol. The second-order valence-electron chi connectivity index (χ2n) is 26.9. The number of anilines is 2. The molecule has 526 valence electrons. The van der Waals surface area contributed by atoms with Crippen LogP contribution >= 0.6 is 0 Å². The maximum Gasteiger partial charge on any atom is 0.355 e. The summed E-state index contributed by atoms with van der Waals surface area (Å²) in [6.45, 7) is 17.6. The van der Waals surface area contributed by atoms with Crippen LogP contribution in [-0.4, -0.2) is 186 Å². The van der Waals surface area contributed by atoms with Crippen LogP contribution in [0.5, 0.6) is 11.5 Å². The van der Waals surface area contributed by atoms with E-state index in [-0.39, 0.29) is 155 Å². The molecule has 2 aromatic carbocycles. The Morgan fingerprint density at radius 3 is 1.92 bits per heavy atom. The summed E-state index contributed by atoms with van der Waals surface area (Å²) in [5.74, 6) is -6.15. The molecule has 4 bridgehead atoms. The number of piperazine rings is 2. The van der Waals surface area contributed by atoms with Gasteiger partial charge in [0.15, 0.2) is 22.9 Å². The normalized spacial score (nSPS) is 22.0. The molecule has 100 heavy (non-hydrogen) atoms. The lowest BCUT2D eigenvalue weighted by Gasteiger charge is -2.41. The molecule has 3 fully saturated rings. The van der Waals surface area contributed by atoms with E-state index in [1.807, 2.05) is 38.8 Å². The van der Waals surface area contributed by atoms with E-state index in [0.717, 1.165) is 41.7 Å². The van der Waals surface area contributed by atoms with Crippen molar-refractivity contribution in [2.24, 2.45) is 11.8 Å². The number of carbonyl (C=O) groups is 2. The molecule has 28 heteroatoms. The average Bonchev–Trinajstić information content (AvgIpc) is 1.50. The first-order valence-electron chi connectivity index (χ1n) is 33.5. The van der Waals surface area contributed by atoms with Gasteiger partial charge in [0, 0.05) is 87.3 Å². The van der Waals surface area contributed by atoms with Crippen LogP contribution in [-0.2, 0) is 25.5 Å². The number of alkyl halides is 2. The zero-order valence-electron chi connectivity index (χ0n) is 56.0. The van der Waals surface area contributed by atoms with Crippen molar-refractivity contribution in [2.45, 2.75) is 116 Å². The first-order valence-corrected chi connectivity index (χ1v) is 33.5. The van der Waals surface area contributed by atoms with Gasteiger partial charge in [-0.05, 0) is 118 Å². The fraction of sp³-hybridized carbons (Fsp3) is 0.431. The van der Waals surface area contributed by atoms with Crippen molar-refractivity contribution in [2.75, 3.05) is 82.0 Å². The molecule has 5 aliphatic heterocycles. The number of hydrogen-bond acceptors (Lipinski definition) is 18. The summed E-state index contributed by atoms with van der Waals surface area (Å²) in [7, 11) is 0. The Bertz CT molecular complexity index is 4620. The molecule has 5 unspecified atom stereocenters. The molecule has 0 radical (unpaired) electrons. The maximum atomic E-state index is 18.2. The van der Waals surface area contributed by atoms with Gasteiger partial charge in [-0.1, -0.05) is 40.0 Å². The molecule has 2 saturated heterocycles. The number of ether oxygens (including phenoxy) is 4. The molecule has 1 saturated carbocycles. The number of aromatic nitrogens is 7. The number of halogens is 6. The van der Waals surface area contributed by atoms with Gasteiger partial charge >= 0.3 is 11.4 Å². The van der Waals surface area contributed by atoms with Crippen LogP contribution in [0, 0.1) is 35.1 Å². The molecule has 5 aromatic heterocycles. The maximum absolute atomic E-state index is 18.2. The molecular formula is C72H76F6N12O10. The van der Waals surface area contributed by atoms with Crippen molar-refractivity contribution >= 4 is 51.2 Å². The molecular weight excluding hydrogens is 1310 g/mol. The Labute approximate surface area is 571 Å². The van der Waals surface area contributed by atoms with Gasteiger partial charge in [0.1, 0.15) is 90.4 Å². The minimum atomic E-state index is -3.10. The number of nitrogens with zero attached hydrogens (tertiary/aromatic N) is 12. The monoisotopic (exact) mass is 1380 g/mol. The molecule has 0 spiro atoms. The fourth-order valence-electron chi connectivity index (χ4n) is 14.3. The van der Waals surface area contributed by atoms with E-state index in [2.05, 4.69) is 23.1 Å². The lowest BCUT2D eigenvalue weighted by molar-refractivity contribution is -0.127. The van der Waals surface area contributed by atoms with Crippen LogP contribution in [0.3, 0.4) is 0 Å². The van der Waals surface area contributed by atoms with Crippen molar-refractivity contribution in [3.63, 3.8) is 0 Å². The molecule has 1 aliphatic carbocycles. The highest BCUT2D eigenvalue weighted by Crippen LogP contribution is 2.45. The number of rotatable bonds is 15. The average molecular weight is 1380 g/mol. The van der Waals surface area contributed by atoms with Gasteiger partial charge in [0.2, 0.25) is 11.8 Å². The van der Waals surface area contributed by atoms with Crippen LogP contribution in [0.15, 0.2) is 107 Å². The van der Waals surface area contributed by atoms with Crippen molar-refractivity contribution in [3.05, 3.63) is 159 Å². The zero-order valence-corrected chi connectivity index (χ0v) is 56.0. The third-order valence-electron chi connectivity index (χ3n) is 19.4. The first kappa shape index (κ1) is 69.0. The minimum Gasteiger partial charge on any atom is -0.490 e. The molecule has 22 nitrogen and oxygen atoms in total. The minimum absolute atomic E-state index is 0.0281. The number of aliphatic hydroxyl groups excluding tert-OH is 2. The van der Waals surface area contributed by atoms with Crippen LogP contribution < -0.4 is 30.7 Å². The summed E-state index contributed by atoms with van der Waals surface area (Å²) in [5, 5.41) is 25.0. The van der Waals surface area contributed by atoms with E-state index in [0.29, 0.717) is 6.54 Å². The Kier molecular flexibility index (Phi) is 19.2. The third-order valence-corrected chi connectivity index (χ3v) is 19.4. The summed E-state index contributed by atoms with van der Waals surface area (Å²) in [6.07, 6.45) is -0.785. The van der Waals surface area contributed by atoms with Gasteiger partial charge < -0.3 is 53.7 Å². The number of carbonyl (C=O) groups excluding carboxylic acids is 2. The van der Waals surface area contributed by atoms with E-state index in [9.17, 15) is 28.6 Å². The van der Waals surface area contributed by atoms with Gasteiger partial charge in [0.05, 0.1) is 51.6 Å². The number of benzene rings is 2. The Balaban J connectivity index is 0.998. The lowest BCUT2D eigenvalue weighted by atomic mass is 9.91. The number of fused-ring (bicyclic) bond motifs is 9. The van der Waals surface area contributed by atoms with Gasteiger partial charge in [-0.25, -0.2) is 55.0 Å². The SMILES string of the molecule is C=CC(=O)N1CCN(c2nc(=O)n3c4nc(c(F)cc24)-c2c(F)cc(CC(C)c4nccc5c4-n4c(=O)nc(N6CCN(C(=O)C=C)C[C@@H]6C)c6cc(F)c(nc64)-c4c(F)cccc4OCC(O)C5OCC(F)F)cc2OCC(OCC2CC2)C(O)C2=C3[C@@H](C)N(CC(C)C)C=C2)[C@@H](C)C1. The first-order chi connectivity index (χ1) is 47.9. The molecule has 10 heterocycles. The summed E-state index contributed by atoms with van der Waals surface area (Å²) >= 11 is 0. The molecule has 2 amide bonds. The number of aliphatic hydroxyl groups is 2. The van der Waals surface area contributed by atoms with Crippen molar-refractivity contribution in [3.8, 4) is 39.7 Å². The summed E-state index contributed by atoms with van der Waals surface area (Å²) < 4.78 is 126. The van der Waals surface area contributed by atoms with Gasteiger partial charge in [-0.15, -0.1) is 0 Å². The van der Waals surface area contributed by atoms with E-state index in [1.165, 1.54) is 47.2 Å². The topological polar surface area (TPSA) is 236 Å². The van der Waals surface area contributed by atoms with Crippen molar-refractivity contribution in [1.82, 2.24) is 48.8 Å². The van der Waals surface area contributed by atoms with Crippen LogP contribution in [0.2, 0.25) is 0 Å². The highest BCUT2D eigenvalue weighted by molar-refractivity contribution is 5.94. The van der Waals surface area contributed by atoms with Crippen LogP contribution in [0.1, 0.15) is 83.2 Å². The third kappa shape index (κ3) is 13.0. The summed E-state index contributed by atoms with van der Waals surface area (Å²) in [5.41, 5.74) is -4.27. The van der Waals surface area contributed by atoms with Crippen LogP contribution in [0.25, 0.3) is 56.0 Å². The summed E-state index contributed by atoms with van der Waals surface area (Å²) in [6, 6.07) is 7.98. The smallest absolute Gasteiger partial charge is 0.355 e. The van der Waals surface area contributed by atoms with Gasteiger partial charge in [0.25, 0.3) is 6.43 Å².